The molecule has 1 N–H and O–H groups in total. The molecule has 19 heavy (non-hydrogen) atoms. The Labute approximate surface area is 116 Å². The van der Waals surface area contributed by atoms with Gasteiger partial charge in [0.1, 0.15) is 18.1 Å². The van der Waals surface area contributed by atoms with Gasteiger partial charge >= 0.3 is 0 Å². The second-order valence-electron chi connectivity index (χ2n) is 4.74. The molecule has 0 atom stereocenters. The number of benzene rings is 1. The van der Waals surface area contributed by atoms with Crippen molar-refractivity contribution in [2.45, 2.75) is 13.8 Å². The van der Waals surface area contributed by atoms with Crippen LogP contribution in [-0.2, 0) is 4.74 Å². The average Bonchev–Trinajstić information content (AvgIpc) is 2.42. The van der Waals surface area contributed by atoms with Crippen molar-refractivity contribution in [3.05, 3.63) is 24.3 Å². The molecule has 0 aliphatic heterocycles. The number of hydrogen-bond donors (Lipinski definition) is 1. The van der Waals surface area contributed by atoms with Crippen LogP contribution in [0.4, 0.5) is 0 Å². The topological polar surface area (TPSA) is 39.7 Å². The zero-order valence-electron chi connectivity index (χ0n) is 12.1. The van der Waals surface area contributed by atoms with Crippen LogP contribution in [0, 0.1) is 5.92 Å². The van der Waals surface area contributed by atoms with Crippen LogP contribution in [0.15, 0.2) is 24.3 Å². The molecule has 0 saturated carbocycles. The monoisotopic (exact) mass is 267 g/mol. The Morgan fingerprint density at radius 3 is 2.26 bits per heavy atom. The van der Waals surface area contributed by atoms with Gasteiger partial charge in [-0.05, 0) is 30.2 Å². The zero-order valence-corrected chi connectivity index (χ0v) is 12.1. The Hall–Kier alpha value is -1.26. The molecule has 0 aliphatic rings. The average molecular weight is 267 g/mol. The van der Waals surface area contributed by atoms with Crippen molar-refractivity contribution >= 4 is 0 Å². The first-order valence-electron chi connectivity index (χ1n) is 6.77. The van der Waals surface area contributed by atoms with Crippen LogP contribution >= 0.6 is 0 Å². The van der Waals surface area contributed by atoms with Gasteiger partial charge in [0.15, 0.2) is 0 Å². The third kappa shape index (κ3) is 7.70. The summed E-state index contributed by atoms with van der Waals surface area (Å²) >= 11 is 0. The van der Waals surface area contributed by atoms with E-state index in [1.54, 1.807) is 7.11 Å². The van der Waals surface area contributed by atoms with E-state index in [1.807, 2.05) is 24.3 Å². The molecule has 0 aromatic heterocycles. The Morgan fingerprint density at radius 1 is 1.00 bits per heavy atom. The molecule has 1 aromatic rings. The van der Waals surface area contributed by atoms with Crippen LogP contribution in [0.25, 0.3) is 0 Å². The minimum atomic E-state index is 0.596. The lowest BCUT2D eigenvalue weighted by atomic mass is 10.2. The fourth-order valence-corrected chi connectivity index (χ4v) is 1.50. The van der Waals surface area contributed by atoms with Crippen LogP contribution in [0.5, 0.6) is 11.5 Å². The summed E-state index contributed by atoms with van der Waals surface area (Å²) in [6.45, 7) is 8.20. The molecule has 0 unspecified atom stereocenters. The van der Waals surface area contributed by atoms with Crippen molar-refractivity contribution in [2.24, 2.45) is 5.92 Å². The van der Waals surface area contributed by atoms with Crippen LogP contribution in [0.3, 0.4) is 0 Å². The smallest absolute Gasteiger partial charge is 0.119 e. The first-order chi connectivity index (χ1) is 9.22. The highest BCUT2D eigenvalue weighted by Gasteiger charge is 1.96. The maximum absolute atomic E-state index is 5.59. The van der Waals surface area contributed by atoms with Crippen LogP contribution in [0.1, 0.15) is 13.8 Å². The summed E-state index contributed by atoms with van der Waals surface area (Å²) in [6.07, 6.45) is 0. The normalized spacial score (nSPS) is 10.7. The van der Waals surface area contributed by atoms with Crippen molar-refractivity contribution in [3.8, 4) is 11.5 Å². The number of ether oxygens (including phenoxy) is 3. The largest absolute Gasteiger partial charge is 0.497 e. The summed E-state index contributed by atoms with van der Waals surface area (Å²) in [4.78, 5) is 0. The molecule has 4 nitrogen and oxygen atoms in total. The van der Waals surface area contributed by atoms with Gasteiger partial charge in [-0.3, -0.25) is 0 Å². The predicted molar refractivity (Wildman–Crippen MR) is 77.0 cm³/mol. The van der Waals surface area contributed by atoms with Crippen LogP contribution in [0.2, 0.25) is 0 Å². The van der Waals surface area contributed by atoms with E-state index >= 15 is 0 Å². The molecule has 0 amide bonds. The fraction of sp³-hybridized carbons (Fsp3) is 0.600. The van der Waals surface area contributed by atoms with Crippen molar-refractivity contribution in [1.29, 1.82) is 0 Å². The standard InChI is InChI=1S/C15H25NO3/c1-13(2)12-18-10-8-16-9-11-19-15-6-4-14(17-3)5-7-15/h4-7,13,16H,8-12H2,1-3H3. The van der Waals surface area contributed by atoms with E-state index in [1.165, 1.54) is 0 Å². The van der Waals surface area contributed by atoms with Gasteiger partial charge in [-0.1, -0.05) is 13.8 Å². The quantitative estimate of drug-likeness (QED) is 0.661. The predicted octanol–water partition coefficient (Wildman–Crippen LogP) is 2.34. The van der Waals surface area contributed by atoms with Crippen LogP contribution in [-0.4, -0.2) is 40.0 Å². The van der Waals surface area contributed by atoms with Gasteiger partial charge in [-0.15, -0.1) is 0 Å². The SMILES string of the molecule is COc1ccc(OCCNCCOCC(C)C)cc1. The van der Waals surface area contributed by atoms with E-state index in [4.69, 9.17) is 14.2 Å². The third-order valence-electron chi connectivity index (χ3n) is 2.48. The fourth-order valence-electron chi connectivity index (χ4n) is 1.50. The highest BCUT2D eigenvalue weighted by Crippen LogP contribution is 2.16. The molecule has 0 radical (unpaired) electrons. The molecule has 0 bridgehead atoms. The number of rotatable bonds is 10. The van der Waals surface area contributed by atoms with Gasteiger partial charge < -0.3 is 19.5 Å². The lowest BCUT2D eigenvalue weighted by Gasteiger charge is -2.09. The molecule has 0 heterocycles. The maximum atomic E-state index is 5.59. The Kier molecular flexibility index (Phi) is 8.02. The Balaban J connectivity index is 1.98. The number of nitrogens with one attached hydrogen (secondary N) is 1. The first kappa shape index (κ1) is 15.8. The van der Waals surface area contributed by atoms with Gasteiger partial charge in [-0.2, -0.15) is 0 Å². The molecule has 108 valence electrons. The number of hydrogen-bond acceptors (Lipinski definition) is 4. The molecule has 0 spiro atoms. The van der Waals surface area contributed by atoms with E-state index in [-0.39, 0.29) is 0 Å². The second kappa shape index (κ2) is 9.64. The highest BCUT2D eigenvalue weighted by atomic mass is 16.5. The molecule has 1 rings (SSSR count). The molecule has 0 fully saturated rings. The molecular formula is C15H25NO3. The zero-order chi connectivity index (χ0) is 13.9. The summed E-state index contributed by atoms with van der Waals surface area (Å²) in [5, 5.41) is 3.28. The summed E-state index contributed by atoms with van der Waals surface area (Å²) in [7, 11) is 1.65. The van der Waals surface area contributed by atoms with Gasteiger partial charge in [0, 0.05) is 19.7 Å². The minimum absolute atomic E-state index is 0.596. The third-order valence-corrected chi connectivity index (χ3v) is 2.48. The molecule has 0 saturated heterocycles. The van der Waals surface area contributed by atoms with E-state index in [9.17, 15) is 0 Å². The molecule has 1 aromatic carbocycles. The minimum Gasteiger partial charge on any atom is -0.497 e. The van der Waals surface area contributed by atoms with Crippen molar-refractivity contribution in [1.82, 2.24) is 5.32 Å². The Morgan fingerprint density at radius 2 is 1.63 bits per heavy atom. The lowest BCUT2D eigenvalue weighted by molar-refractivity contribution is 0.111. The van der Waals surface area contributed by atoms with Gasteiger partial charge in [0.25, 0.3) is 0 Å². The number of methoxy groups -OCH3 is 1. The summed E-state index contributed by atoms with van der Waals surface area (Å²) < 4.78 is 16.1. The summed E-state index contributed by atoms with van der Waals surface area (Å²) in [5.74, 6) is 2.30. The van der Waals surface area contributed by atoms with Crippen molar-refractivity contribution in [2.75, 3.05) is 40.0 Å². The summed E-state index contributed by atoms with van der Waals surface area (Å²) in [6, 6.07) is 7.60. The first-order valence-corrected chi connectivity index (χ1v) is 6.77. The Bertz CT molecular complexity index is 325. The highest BCUT2D eigenvalue weighted by molar-refractivity contribution is 5.31. The second-order valence-corrected chi connectivity index (χ2v) is 4.74. The van der Waals surface area contributed by atoms with Crippen LogP contribution < -0.4 is 14.8 Å². The summed E-state index contributed by atoms with van der Waals surface area (Å²) in [5.41, 5.74) is 0. The molecule has 0 aliphatic carbocycles. The van der Waals surface area contributed by atoms with E-state index in [2.05, 4.69) is 19.2 Å². The van der Waals surface area contributed by atoms with Crippen molar-refractivity contribution < 1.29 is 14.2 Å². The maximum Gasteiger partial charge on any atom is 0.119 e. The van der Waals surface area contributed by atoms with Gasteiger partial charge in [0.05, 0.1) is 13.7 Å². The van der Waals surface area contributed by atoms with E-state index in [0.717, 1.165) is 37.8 Å². The molecule has 4 heteroatoms. The van der Waals surface area contributed by atoms with E-state index in [0.29, 0.717) is 12.5 Å². The lowest BCUT2D eigenvalue weighted by Crippen LogP contribution is -2.25. The van der Waals surface area contributed by atoms with E-state index < -0.39 is 0 Å². The van der Waals surface area contributed by atoms with Crippen molar-refractivity contribution in [3.63, 3.8) is 0 Å². The van der Waals surface area contributed by atoms with Gasteiger partial charge in [0.2, 0.25) is 0 Å². The van der Waals surface area contributed by atoms with Gasteiger partial charge in [-0.25, -0.2) is 0 Å². The molecular weight excluding hydrogens is 242 g/mol.